The van der Waals surface area contributed by atoms with Gasteiger partial charge >= 0.3 is 0 Å². The zero-order valence-electron chi connectivity index (χ0n) is 20.9. The van der Waals surface area contributed by atoms with Gasteiger partial charge in [0.2, 0.25) is 16.0 Å². The highest BCUT2D eigenvalue weighted by molar-refractivity contribution is 7.89. The van der Waals surface area contributed by atoms with E-state index in [1.807, 2.05) is 23.4 Å². The molecule has 3 atom stereocenters. The Labute approximate surface area is 207 Å². The second-order valence-corrected chi connectivity index (χ2v) is 12.3. The van der Waals surface area contributed by atoms with Crippen molar-refractivity contribution in [3.05, 3.63) is 23.5 Å². The maximum atomic E-state index is 12.8. The van der Waals surface area contributed by atoms with Gasteiger partial charge in [0.25, 0.3) is 0 Å². The number of rotatable bonds is 7. The number of fused-ring (bicyclic) bond motifs is 2. The van der Waals surface area contributed by atoms with Gasteiger partial charge in [-0.15, -0.1) is 0 Å². The third-order valence-electron chi connectivity index (χ3n) is 7.77. The number of H-pyrrole nitrogens is 1. The molecule has 2 bridgehead atoms. The van der Waals surface area contributed by atoms with Gasteiger partial charge in [0.05, 0.1) is 11.4 Å². The first kappa shape index (κ1) is 24.5. The molecule has 0 saturated carbocycles. The van der Waals surface area contributed by atoms with Gasteiger partial charge in [0, 0.05) is 62.1 Å². The Hall–Kier alpha value is -2.24. The second-order valence-electron chi connectivity index (χ2n) is 10.1. The molecule has 1 unspecified atom stereocenters. The smallest absolute Gasteiger partial charge is 0.227 e. The zero-order valence-corrected chi connectivity index (χ0v) is 21.7. The molecule has 5 rings (SSSR count). The van der Waals surface area contributed by atoms with Crippen molar-refractivity contribution in [2.75, 3.05) is 36.2 Å². The maximum Gasteiger partial charge on any atom is 0.227 e. The molecule has 2 aromatic heterocycles. The number of aromatic nitrogens is 4. The van der Waals surface area contributed by atoms with E-state index in [2.05, 4.69) is 27.5 Å². The third-order valence-corrected chi connectivity index (χ3v) is 9.74. The molecule has 0 aliphatic carbocycles. The second kappa shape index (κ2) is 10.0. The summed E-state index contributed by atoms with van der Waals surface area (Å²) in [5.74, 6) is 2.62. The molecule has 5 heterocycles. The van der Waals surface area contributed by atoms with E-state index in [0.717, 1.165) is 81.2 Å². The van der Waals surface area contributed by atoms with Crippen molar-refractivity contribution in [1.82, 2.24) is 24.5 Å². The number of hydrogen-bond donors (Lipinski definition) is 2. The molecule has 2 aromatic rings. The summed E-state index contributed by atoms with van der Waals surface area (Å²) in [6, 6.07) is 4.29. The number of sulfonamides is 1. The molecular weight excluding hydrogens is 466 g/mol. The van der Waals surface area contributed by atoms with Crippen LogP contribution in [0.1, 0.15) is 69.2 Å². The first-order chi connectivity index (χ1) is 16.8. The predicted molar refractivity (Wildman–Crippen MR) is 136 cm³/mol. The molecule has 10 nitrogen and oxygen atoms in total. The van der Waals surface area contributed by atoms with Crippen LogP contribution in [-0.4, -0.2) is 77.0 Å². The highest BCUT2D eigenvalue weighted by atomic mass is 32.2. The Morgan fingerprint density at radius 2 is 1.83 bits per heavy atom. The minimum atomic E-state index is -3.20. The number of anilines is 3. The molecule has 11 heteroatoms. The monoisotopic (exact) mass is 503 g/mol. The summed E-state index contributed by atoms with van der Waals surface area (Å²) < 4.78 is 33.0. The van der Waals surface area contributed by atoms with Gasteiger partial charge in [-0.3, -0.25) is 5.10 Å². The normalized spacial score (nSPS) is 26.0. The lowest BCUT2D eigenvalue weighted by atomic mass is 9.83. The summed E-state index contributed by atoms with van der Waals surface area (Å²) in [7, 11) is -1.15. The average molecular weight is 504 g/mol. The van der Waals surface area contributed by atoms with Gasteiger partial charge in [-0.25, -0.2) is 13.4 Å². The Balaban J connectivity index is 1.42. The molecule has 3 aliphatic rings. The Morgan fingerprint density at radius 3 is 2.46 bits per heavy atom. The fourth-order valence-electron chi connectivity index (χ4n) is 5.88. The number of aromatic amines is 1. The standard InChI is InChI=1S/C24H37N7O3S/c1-4-35(32,33)31-18-6-5-7-19(31)14-20(13-18)30(3)24-25-21(17-8-10-34-11-9-17)15-22(27-24)26-23-12-16(2)28-29-23/h12,15,17-20H,4-11,13-14H2,1-3H3,(H2,25,26,27,28,29)/t18-,19+,20?. The summed E-state index contributed by atoms with van der Waals surface area (Å²) in [4.78, 5) is 12.1. The number of hydrogen-bond acceptors (Lipinski definition) is 8. The Morgan fingerprint density at radius 1 is 1.11 bits per heavy atom. The fraction of sp³-hybridized carbons (Fsp3) is 0.708. The lowest BCUT2D eigenvalue weighted by Crippen LogP contribution is -2.58. The van der Waals surface area contributed by atoms with Crippen molar-refractivity contribution >= 4 is 27.6 Å². The van der Waals surface area contributed by atoms with Crippen LogP contribution in [-0.2, 0) is 14.8 Å². The van der Waals surface area contributed by atoms with Gasteiger partial charge in [-0.1, -0.05) is 6.42 Å². The van der Waals surface area contributed by atoms with E-state index < -0.39 is 10.0 Å². The number of nitrogens with zero attached hydrogens (tertiary/aromatic N) is 5. The molecule has 192 valence electrons. The molecular formula is C24H37N7O3S. The van der Waals surface area contributed by atoms with Crippen LogP contribution >= 0.6 is 0 Å². The molecule has 0 spiro atoms. The largest absolute Gasteiger partial charge is 0.381 e. The Bertz CT molecular complexity index is 1120. The van der Waals surface area contributed by atoms with Crippen LogP contribution in [0.2, 0.25) is 0 Å². The summed E-state index contributed by atoms with van der Waals surface area (Å²) in [6.07, 6.45) is 6.44. The lowest BCUT2D eigenvalue weighted by Gasteiger charge is -2.49. The molecule has 35 heavy (non-hydrogen) atoms. The van der Waals surface area contributed by atoms with Gasteiger partial charge in [0.15, 0.2) is 5.82 Å². The molecule has 0 amide bonds. The highest BCUT2D eigenvalue weighted by Crippen LogP contribution is 2.39. The van der Waals surface area contributed by atoms with Crippen molar-refractivity contribution in [3.8, 4) is 0 Å². The number of aryl methyl sites for hydroxylation is 1. The van der Waals surface area contributed by atoms with Crippen LogP contribution in [0.15, 0.2) is 12.1 Å². The van der Waals surface area contributed by atoms with Crippen LogP contribution in [0, 0.1) is 6.92 Å². The summed E-state index contributed by atoms with van der Waals surface area (Å²) in [5, 5.41) is 10.6. The first-order valence-corrected chi connectivity index (χ1v) is 14.4. The zero-order chi connectivity index (χ0) is 24.6. The van der Waals surface area contributed by atoms with Crippen LogP contribution in [0.25, 0.3) is 0 Å². The molecule has 3 fully saturated rings. The van der Waals surface area contributed by atoms with Crippen molar-refractivity contribution in [1.29, 1.82) is 0 Å². The average Bonchev–Trinajstić information content (AvgIpc) is 3.27. The summed E-state index contributed by atoms with van der Waals surface area (Å²) in [5.41, 5.74) is 2.00. The van der Waals surface area contributed by atoms with Crippen LogP contribution < -0.4 is 10.2 Å². The van der Waals surface area contributed by atoms with Crippen molar-refractivity contribution in [2.45, 2.75) is 82.8 Å². The lowest BCUT2D eigenvalue weighted by molar-refractivity contribution is 0.0844. The van der Waals surface area contributed by atoms with E-state index in [1.165, 1.54) is 0 Å². The quantitative estimate of drug-likeness (QED) is 0.591. The summed E-state index contributed by atoms with van der Waals surface area (Å²) >= 11 is 0. The summed E-state index contributed by atoms with van der Waals surface area (Å²) in [6.45, 7) is 5.20. The number of nitrogens with one attached hydrogen (secondary N) is 2. The highest BCUT2D eigenvalue weighted by Gasteiger charge is 2.45. The van der Waals surface area contributed by atoms with Gasteiger partial charge < -0.3 is 15.0 Å². The van der Waals surface area contributed by atoms with Crippen molar-refractivity contribution < 1.29 is 13.2 Å². The van der Waals surface area contributed by atoms with E-state index in [-0.39, 0.29) is 23.9 Å². The number of ether oxygens (including phenoxy) is 1. The molecule has 3 aliphatic heterocycles. The minimum Gasteiger partial charge on any atom is -0.381 e. The van der Waals surface area contributed by atoms with Crippen molar-refractivity contribution in [2.24, 2.45) is 0 Å². The van der Waals surface area contributed by atoms with Gasteiger partial charge in [-0.2, -0.15) is 14.4 Å². The van der Waals surface area contributed by atoms with E-state index >= 15 is 0 Å². The van der Waals surface area contributed by atoms with Crippen LogP contribution in [0.5, 0.6) is 0 Å². The fourth-order valence-corrected chi connectivity index (χ4v) is 7.47. The molecule has 0 radical (unpaired) electrons. The van der Waals surface area contributed by atoms with E-state index in [9.17, 15) is 8.42 Å². The minimum absolute atomic E-state index is 0.0585. The SMILES string of the molecule is CCS(=O)(=O)N1[C@@H]2CCC[C@H]1CC(N(C)c1nc(Nc3cc(C)[nH]n3)cc(C3CCOCC3)n1)C2. The third kappa shape index (κ3) is 5.17. The molecule has 3 saturated heterocycles. The first-order valence-electron chi connectivity index (χ1n) is 12.8. The van der Waals surface area contributed by atoms with E-state index in [0.29, 0.717) is 11.9 Å². The van der Waals surface area contributed by atoms with E-state index in [1.54, 1.807) is 6.92 Å². The molecule has 0 aromatic carbocycles. The van der Waals surface area contributed by atoms with Crippen molar-refractivity contribution in [3.63, 3.8) is 0 Å². The van der Waals surface area contributed by atoms with Crippen LogP contribution in [0.4, 0.5) is 17.6 Å². The predicted octanol–water partition coefficient (Wildman–Crippen LogP) is 3.32. The number of piperidine rings is 2. The van der Waals surface area contributed by atoms with Crippen LogP contribution in [0.3, 0.4) is 0 Å². The van der Waals surface area contributed by atoms with E-state index in [4.69, 9.17) is 14.7 Å². The maximum absolute atomic E-state index is 12.8. The topological polar surface area (TPSA) is 116 Å². The van der Waals surface area contributed by atoms with Gasteiger partial charge in [-0.05, 0) is 52.4 Å². The Kier molecular flexibility index (Phi) is 7.00. The molecule has 2 N–H and O–H groups in total. The van der Waals surface area contributed by atoms with Gasteiger partial charge in [0.1, 0.15) is 5.82 Å².